The first-order chi connectivity index (χ1) is 22.2. The second-order valence-electron chi connectivity index (χ2n) is 12.3. The zero-order valence-electron chi connectivity index (χ0n) is 26.6. The maximum absolute atomic E-state index is 14.8. The number of ether oxygens (including phenoxy) is 2. The number of hydrogen-bond acceptors (Lipinski definition) is 10. The molecule has 3 aromatic rings. The Balaban J connectivity index is 1.43. The van der Waals surface area contributed by atoms with Crippen LogP contribution in [0.3, 0.4) is 0 Å². The van der Waals surface area contributed by atoms with Crippen molar-refractivity contribution in [3.8, 4) is 17.0 Å². The van der Waals surface area contributed by atoms with E-state index in [-0.39, 0.29) is 45.3 Å². The number of nitrogen functional groups attached to an aromatic ring is 1. The summed E-state index contributed by atoms with van der Waals surface area (Å²) in [5.41, 5.74) is 7.03. The molecule has 0 aliphatic carbocycles. The van der Waals surface area contributed by atoms with Crippen molar-refractivity contribution < 1.29 is 35.9 Å². The van der Waals surface area contributed by atoms with Gasteiger partial charge in [0, 0.05) is 37.5 Å². The van der Waals surface area contributed by atoms with Crippen LogP contribution in [0.5, 0.6) is 5.88 Å². The third-order valence-electron chi connectivity index (χ3n) is 8.83. The van der Waals surface area contributed by atoms with E-state index < -0.39 is 22.1 Å². The van der Waals surface area contributed by atoms with Crippen LogP contribution in [0.25, 0.3) is 11.1 Å². The van der Waals surface area contributed by atoms with Crippen LogP contribution in [0, 0.1) is 5.41 Å². The van der Waals surface area contributed by atoms with Crippen LogP contribution in [0.4, 0.5) is 24.9 Å². The predicted molar refractivity (Wildman–Crippen MR) is 172 cm³/mol. The number of hydrogen-bond donors (Lipinski definition) is 2. The average molecular weight is 676 g/mol. The monoisotopic (exact) mass is 675 g/mol. The van der Waals surface area contributed by atoms with Crippen LogP contribution >= 0.6 is 0 Å². The summed E-state index contributed by atoms with van der Waals surface area (Å²) in [6, 6.07) is 11.5. The minimum atomic E-state index is -4.86. The van der Waals surface area contributed by atoms with Gasteiger partial charge in [0.1, 0.15) is 11.9 Å². The molecule has 2 saturated heterocycles. The van der Waals surface area contributed by atoms with E-state index in [1.807, 2.05) is 11.8 Å². The third kappa shape index (κ3) is 7.98. The molecule has 254 valence electrons. The Kier molecular flexibility index (Phi) is 10.0. The molecule has 0 radical (unpaired) electrons. The summed E-state index contributed by atoms with van der Waals surface area (Å²) < 4.78 is 79.8. The summed E-state index contributed by atoms with van der Waals surface area (Å²) in [7, 11) is -3.61. The molecule has 2 fully saturated rings. The van der Waals surface area contributed by atoms with Gasteiger partial charge in [0.05, 0.1) is 11.5 Å². The Morgan fingerprint density at radius 1 is 1.13 bits per heavy atom. The summed E-state index contributed by atoms with van der Waals surface area (Å²) in [6.45, 7) is 5.82. The molecule has 0 amide bonds. The Hall–Kier alpha value is -3.91. The van der Waals surface area contributed by atoms with E-state index >= 15 is 0 Å². The summed E-state index contributed by atoms with van der Waals surface area (Å²) >= 11 is 0. The van der Waals surface area contributed by atoms with E-state index in [2.05, 4.69) is 15.3 Å². The number of piperidine rings is 1. The molecule has 47 heavy (non-hydrogen) atoms. The molecule has 0 saturated carbocycles. The van der Waals surface area contributed by atoms with E-state index in [0.717, 1.165) is 31.1 Å². The lowest BCUT2D eigenvalue weighted by Crippen LogP contribution is -2.41. The molecule has 1 aromatic heterocycles. The number of esters is 1. The number of nitrogens with one attached hydrogen (secondary N) is 1. The smallest absolute Gasteiger partial charge is 0.429 e. The van der Waals surface area contributed by atoms with Crippen LogP contribution in [0.15, 0.2) is 53.4 Å². The van der Waals surface area contributed by atoms with Crippen molar-refractivity contribution in [2.45, 2.75) is 69.2 Å². The van der Waals surface area contributed by atoms with Gasteiger partial charge in [-0.25, -0.2) is 8.42 Å². The maximum Gasteiger partial charge on any atom is 0.429 e. The molecule has 14 heteroatoms. The number of halogens is 3. The van der Waals surface area contributed by atoms with Gasteiger partial charge in [0.2, 0.25) is 17.9 Å². The van der Waals surface area contributed by atoms with Gasteiger partial charge in [-0.3, -0.25) is 4.79 Å². The number of benzene rings is 2. The SMILES string of the molecule is CCCc1ccc([C@@H](Oc2cc(N3CCC4(CC3)CN[C@H](C(=O)OCC)C4)nc(N)n2)C(F)(F)F)c(-c2cccc(S(C)(=O)=O)c2)c1. The standard InChI is InChI=1S/C33H40F3N5O5S/c1-4-7-21-10-11-24(25(16-21)22-8-6-9-23(17-22)47(3,43)44)29(33(34,35)36)46-28-18-27(39-31(37)40-28)41-14-12-32(13-15-41)19-26(38-20-32)30(42)45-5-2/h6,8-11,16-18,26,29,38H,4-5,7,12-15,19-20H2,1-3H3,(H2,37,39,40)/t26-,29+/m0/s1. The van der Waals surface area contributed by atoms with E-state index in [1.165, 1.54) is 30.3 Å². The molecule has 2 atom stereocenters. The van der Waals surface area contributed by atoms with Crippen LogP contribution in [-0.4, -0.2) is 69.1 Å². The summed E-state index contributed by atoms with van der Waals surface area (Å²) in [6.07, 6.45) is -2.73. The number of rotatable bonds is 10. The van der Waals surface area contributed by atoms with E-state index in [4.69, 9.17) is 15.2 Å². The Morgan fingerprint density at radius 3 is 2.53 bits per heavy atom. The van der Waals surface area contributed by atoms with Crippen molar-refractivity contribution in [2.75, 3.05) is 43.1 Å². The minimum absolute atomic E-state index is 0.00681. The molecule has 3 heterocycles. The lowest BCUT2D eigenvalue weighted by atomic mass is 9.76. The Bertz CT molecular complexity index is 1710. The molecule has 1 spiro atoms. The average Bonchev–Trinajstić information content (AvgIpc) is 3.43. The Morgan fingerprint density at radius 2 is 1.87 bits per heavy atom. The zero-order valence-corrected chi connectivity index (χ0v) is 27.5. The highest BCUT2D eigenvalue weighted by Crippen LogP contribution is 2.43. The van der Waals surface area contributed by atoms with Gasteiger partial charge in [0.15, 0.2) is 9.84 Å². The molecule has 0 unspecified atom stereocenters. The lowest BCUT2D eigenvalue weighted by Gasteiger charge is -2.39. The van der Waals surface area contributed by atoms with Gasteiger partial charge in [-0.1, -0.05) is 43.7 Å². The molecule has 2 aliphatic heterocycles. The number of nitrogens with two attached hydrogens (primary N) is 1. The van der Waals surface area contributed by atoms with Crippen molar-refractivity contribution in [1.29, 1.82) is 0 Å². The molecule has 0 bridgehead atoms. The lowest BCUT2D eigenvalue weighted by molar-refractivity contribution is -0.198. The first kappa shape index (κ1) is 34.4. The highest BCUT2D eigenvalue weighted by molar-refractivity contribution is 7.90. The van der Waals surface area contributed by atoms with Gasteiger partial charge in [-0.2, -0.15) is 23.1 Å². The van der Waals surface area contributed by atoms with Crippen molar-refractivity contribution in [2.24, 2.45) is 5.41 Å². The van der Waals surface area contributed by atoms with E-state index in [1.54, 1.807) is 25.1 Å². The second-order valence-corrected chi connectivity index (χ2v) is 14.3. The summed E-state index contributed by atoms with van der Waals surface area (Å²) in [5, 5.41) is 3.27. The molecule has 2 aromatic carbocycles. The number of aryl methyl sites for hydroxylation is 1. The van der Waals surface area contributed by atoms with E-state index in [0.29, 0.717) is 50.5 Å². The van der Waals surface area contributed by atoms with Crippen LogP contribution in [-0.2, 0) is 25.8 Å². The van der Waals surface area contributed by atoms with Crippen molar-refractivity contribution in [3.05, 3.63) is 59.7 Å². The number of anilines is 2. The maximum atomic E-state index is 14.8. The third-order valence-corrected chi connectivity index (χ3v) is 9.94. The minimum Gasteiger partial charge on any atom is -0.465 e. The molecule has 5 rings (SSSR count). The highest BCUT2D eigenvalue weighted by atomic mass is 32.2. The molecular weight excluding hydrogens is 635 g/mol. The molecule has 3 N–H and O–H groups in total. The van der Waals surface area contributed by atoms with Gasteiger partial charge in [-0.15, -0.1) is 0 Å². The van der Waals surface area contributed by atoms with E-state index in [9.17, 15) is 26.4 Å². The number of nitrogens with zero attached hydrogens (tertiary/aromatic N) is 3. The van der Waals surface area contributed by atoms with Crippen molar-refractivity contribution in [1.82, 2.24) is 15.3 Å². The number of alkyl halides is 3. The highest BCUT2D eigenvalue weighted by Gasteiger charge is 2.46. The fraction of sp³-hybridized carbons (Fsp3) is 0.485. The van der Waals surface area contributed by atoms with Crippen LogP contribution in [0.1, 0.15) is 56.8 Å². The topological polar surface area (TPSA) is 137 Å². The molecule has 2 aliphatic rings. The first-order valence-corrected chi connectivity index (χ1v) is 17.6. The van der Waals surface area contributed by atoms with Crippen molar-refractivity contribution >= 4 is 27.6 Å². The normalized spacial score (nSPS) is 18.7. The fourth-order valence-electron chi connectivity index (χ4n) is 6.42. The number of carbonyl (C=O) groups is 1. The van der Waals surface area contributed by atoms with Crippen LogP contribution in [0.2, 0.25) is 0 Å². The predicted octanol–water partition coefficient (Wildman–Crippen LogP) is 5.28. The van der Waals surface area contributed by atoms with Gasteiger partial charge in [-0.05, 0) is 66.8 Å². The van der Waals surface area contributed by atoms with Gasteiger partial charge < -0.3 is 25.4 Å². The summed E-state index contributed by atoms with van der Waals surface area (Å²) in [5.74, 6) is -0.491. The quantitative estimate of drug-likeness (QED) is 0.273. The number of sulfone groups is 1. The molecule has 10 nitrogen and oxygen atoms in total. The number of aromatic nitrogens is 2. The zero-order chi connectivity index (χ0) is 34.0. The first-order valence-electron chi connectivity index (χ1n) is 15.7. The number of carbonyl (C=O) groups excluding carboxylic acids is 1. The van der Waals surface area contributed by atoms with Crippen LogP contribution < -0.4 is 20.7 Å². The fourth-order valence-corrected chi connectivity index (χ4v) is 7.08. The largest absolute Gasteiger partial charge is 0.465 e. The second kappa shape index (κ2) is 13.7. The Labute approximate surface area is 272 Å². The molecular formula is C33H40F3N5O5S. The van der Waals surface area contributed by atoms with Gasteiger partial charge in [0.25, 0.3) is 0 Å². The van der Waals surface area contributed by atoms with Gasteiger partial charge >= 0.3 is 12.1 Å². The summed E-state index contributed by atoms with van der Waals surface area (Å²) in [4.78, 5) is 22.5. The van der Waals surface area contributed by atoms with Crippen molar-refractivity contribution in [3.63, 3.8) is 0 Å².